The lowest BCUT2D eigenvalue weighted by Gasteiger charge is -2.30. The van der Waals surface area contributed by atoms with E-state index in [4.69, 9.17) is 5.41 Å². The lowest BCUT2D eigenvalue weighted by atomic mass is 10.0. The van der Waals surface area contributed by atoms with Gasteiger partial charge >= 0.3 is 0 Å². The molecule has 0 aromatic heterocycles. The number of aryl methyl sites for hydroxylation is 4. The van der Waals surface area contributed by atoms with Crippen LogP contribution in [0.25, 0.3) is 21.5 Å². The van der Waals surface area contributed by atoms with Crippen LogP contribution in [0.4, 0.5) is 11.4 Å². The summed E-state index contributed by atoms with van der Waals surface area (Å²) in [6.45, 7) is 0. The Hall–Kier alpha value is -3.33. The quantitative estimate of drug-likeness (QED) is 0.351. The topological polar surface area (TPSA) is 30.3 Å². The number of hydrogen-bond donors (Lipinski definition) is 1. The second kappa shape index (κ2) is 6.33. The van der Waals surface area contributed by atoms with E-state index in [0.29, 0.717) is 5.96 Å². The molecule has 1 N–H and O–H groups in total. The summed E-state index contributed by atoms with van der Waals surface area (Å²) in [6.07, 6.45) is 4.49. The highest BCUT2D eigenvalue weighted by atomic mass is 15.3. The molecule has 6 rings (SSSR count). The van der Waals surface area contributed by atoms with Crippen molar-refractivity contribution in [2.24, 2.45) is 0 Å². The molecule has 2 aliphatic carbocycles. The molecule has 0 heterocycles. The van der Waals surface area contributed by atoms with E-state index in [1.807, 2.05) is 23.9 Å². The lowest BCUT2D eigenvalue weighted by Crippen LogP contribution is -2.39. The number of hydrogen-bond acceptors (Lipinski definition) is 1. The van der Waals surface area contributed by atoms with Crippen LogP contribution in [0.15, 0.2) is 60.7 Å². The molecular formula is C27H25N3. The van der Waals surface area contributed by atoms with E-state index in [9.17, 15) is 0 Å². The van der Waals surface area contributed by atoms with E-state index < -0.39 is 0 Å². The molecule has 0 unspecified atom stereocenters. The minimum atomic E-state index is 0.479. The normalized spacial score (nSPS) is 13.9. The summed E-state index contributed by atoms with van der Waals surface area (Å²) >= 11 is 0. The Labute approximate surface area is 177 Å². The molecule has 0 atom stereocenters. The fraction of sp³-hybridized carbons (Fsp3) is 0.222. The van der Waals surface area contributed by atoms with Crippen LogP contribution in [0.1, 0.15) is 22.3 Å². The molecule has 0 saturated carbocycles. The van der Waals surface area contributed by atoms with Crippen molar-refractivity contribution in [2.75, 3.05) is 23.9 Å². The van der Waals surface area contributed by atoms with Gasteiger partial charge in [-0.2, -0.15) is 0 Å². The van der Waals surface area contributed by atoms with E-state index in [0.717, 1.165) is 37.1 Å². The highest BCUT2D eigenvalue weighted by molar-refractivity contribution is 6.14. The van der Waals surface area contributed by atoms with Gasteiger partial charge in [-0.05, 0) is 70.8 Å². The SMILES string of the molecule is CN(C(=N)N(C)c1ccc2c3c(cccc13)CC2)c1ccc2c3c(cccc13)CC2. The van der Waals surface area contributed by atoms with Crippen molar-refractivity contribution < 1.29 is 0 Å². The number of rotatable bonds is 2. The summed E-state index contributed by atoms with van der Waals surface area (Å²) < 4.78 is 0. The first-order chi connectivity index (χ1) is 14.6. The van der Waals surface area contributed by atoms with Gasteiger partial charge in [-0.25, -0.2) is 0 Å². The summed E-state index contributed by atoms with van der Waals surface area (Å²) in [4.78, 5) is 4.04. The molecule has 0 aliphatic heterocycles. The Balaban J connectivity index is 1.43. The van der Waals surface area contributed by atoms with Gasteiger partial charge in [0, 0.05) is 24.9 Å². The molecule has 0 amide bonds. The summed E-state index contributed by atoms with van der Waals surface area (Å²) in [7, 11) is 4.02. The third-order valence-electron chi connectivity index (χ3n) is 7.07. The van der Waals surface area contributed by atoms with Crippen LogP contribution in [0.5, 0.6) is 0 Å². The predicted molar refractivity (Wildman–Crippen MR) is 127 cm³/mol. The third kappa shape index (κ3) is 2.35. The summed E-state index contributed by atoms with van der Waals surface area (Å²) in [5.41, 5.74) is 7.94. The van der Waals surface area contributed by atoms with Crippen molar-refractivity contribution >= 4 is 38.9 Å². The molecule has 2 aliphatic rings. The van der Waals surface area contributed by atoms with Crippen LogP contribution < -0.4 is 9.80 Å². The third-order valence-corrected chi connectivity index (χ3v) is 7.07. The van der Waals surface area contributed by atoms with Crippen molar-refractivity contribution in [3.8, 4) is 0 Å². The second-order valence-electron chi connectivity index (χ2n) is 8.61. The van der Waals surface area contributed by atoms with Gasteiger partial charge in [-0.1, -0.05) is 48.5 Å². The molecule has 0 saturated heterocycles. The fourth-order valence-corrected chi connectivity index (χ4v) is 5.50. The Morgan fingerprint density at radius 1 is 0.600 bits per heavy atom. The highest BCUT2D eigenvalue weighted by Gasteiger charge is 2.23. The zero-order chi connectivity index (χ0) is 20.4. The molecule has 148 valence electrons. The maximum absolute atomic E-state index is 9.02. The highest BCUT2D eigenvalue weighted by Crippen LogP contribution is 2.38. The van der Waals surface area contributed by atoms with Crippen LogP contribution in [-0.4, -0.2) is 20.1 Å². The second-order valence-corrected chi connectivity index (χ2v) is 8.61. The number of anilines is 2. The van der Waals surface area contributed by atoms with Gasteiger partial charge in [0.2, 0.25) is 5.96 Å². The van der Waals surface area contributed by atoms with Crippen LogP contribution in [0, 0.1) is 5.41 Å². The van der Waals surface area contributed by atoms with Crippen LogP contribution in [0.2, 0.25) is 0 Å². The number of nitrogens with zero attached hydrogens (tertiary/aromatic N) is 2. The fourth-order valence-electron chi connectivity index (χ4n) is 5.50. The summed E-state index contributed by atoms with van der Waals surface area (Å²) in [5, 5.41) is 14.3. The van der Waals surface area contributed by atoms with Gasteiger partial charge in [0.25, 0.3) is 0 Å². The van der Waals surface area contributed by atoms with Crippen molar-refractivity contribution in [3.05, 3.63) is 82.9 Å². The zero-order valence-corrected chi connectivity index (χ0v) is 17.5. The molecule has 0 radical (unpaired) electrons. The minimum absolute atomic E-state index is 0.479. The van der Waals surface area contributed by atoms with Crippen molar-refractivity contribution in [2.45, 2.75) is 25.7 Å². The van der Waals surface area contributed by atoms with E-state index in [1.165, 1.54) is 43.8 Å². The van der Waals surface area contributed by atoms with Gasteiger partial charge in [-0.15, -0.1) is 0 Å². The molecular weight excluding hydrogens is 366 g/mol. The van der Waals surface area contributed by atoms with Gasteiger partial charge in [0.1, 0.15) is 0 Å². The van der Waals surface area contributed by atoms with Gasteiger partial charge < -0.3 is 9.80 Å². The molecule has 3 nitrogen and oxygen atoms in total. The first-order valence-electron chi connectivity index (χ1n) is 10.8. The lowest BCUT2D eigenvalue weighted by molar-refractivity contribution is 1.02. The Morgan fingerprint density at radius 2 is 1.00 bits per heavy atom. The monoisotopic (exact) mass is 391 g/mol. The van der Waals surface area contributed by atoms with Crippen molar-refractivity contribution in [3.63, 3.8) is 0 Å². The zero-order valence-electron chi connectivity index (χ0n) is 17.5. The molecule has 3 heteroatoms. The Morgan fingerprint density at radius 3 is 1.43 bits per heavy atom. The maximum atomic E-state index is 9.02. The van der Waals surface area contributed by atoms with E-state index >= 15 is 0 Å². The number of guanidine groups is 1. The van der Waals surface area contributed by atoms with Crippen molar-refractivity contribution in [1.82, 2.24) is 0 Å². The van der Waals surface area contributed by atoms with E-state index in [1.54, 1.807) is 0 Å². The first kappa shape index (κ1) is 17.5. The molecule has 0 bridgehead atoms. The minimum Gasteiger partial charge on any atom is -0.315 e. The first-order valence-corrected chi connectivity index (χ1v) is 10.8. The molecule has 30 heavy (non-hydrogen) atoms. The Bertz CT molecular complexity index is 1230. The standard InChI is InChI=1S/C27H25N3/c1-29(23-15-13-19-11-9-17-5-3-7-21(23)25(17)19)27(28)30(2)24-16-14-20-12-10-18-6-4-8-22(24)26(18)20/h3-8,13-16,28H,9-12H2,1-2H3. The van der Waals surface area contributed by atoms with Gasteiger partial charge in [0.05, 0.1) is 11.4 Å². The van der Waals surface area contributed by atoms with Crippen LogP contribution in [0.3, 0.4) is 0 Å². The van der Waals surface area contributed by atoms with E-state index in [2.05, 4.69) is 60.7 Å². The smallest absolute Gasteiger partial charge is 0.202 e. The molecule has 0 spiro atoms. The molecule has 0 fully saturated rings. The maximum Gasteiger partial charge on any atom is 0.202 e. The van der Waals surface area contributed by atoms with Crippen LogP contribution >= 0.6 is 0 Å². The molecule has 4 aromatic carbocycles. The van der Waals surface area contributed by atoms with Gasteiger partial charge in [0.15, 0.2) is 0 Å². The Kier molecular flexibility index (Phi) is 3.70. The van der Waals surface area contributed by atoms with E-state index in [-0.39, 0.29) is 0 Å². The number of nitrogens with one attached hydrogen (secondary N) is 1. The molecule has 4 aromatic rings. The van der Waals surface area contributed by atoms with Crippen LogP contribution in [-0.2, 0) is 25.7 Å². The summed E-state index contributed by atoms with van der Waals surface area (Å²) in [5.74, 6) is 0.479. The number of benzene rings is 4. The average molecular weight is 392 g/mol. The largest absolute Gasteiger partial charge is 0.315 e. The average Bonchev–Trinajstić information content (AvgIpc) is 3.40. The van der Waals surface area contributed by atoms with Crippen molar-refractivity contribution in [1.29, 1.82) is 5.41 Å². The predicted octanol–water partition coefficient (Wildman–Crippen LogP) is 5.70. The summed E-state index contributed by atoms with van der Waals surface area (Å²) in [6, 6.07) is 22.1. The van der Waals surface area contributed by atoms with Gasteiger partial charge in [-0.3, -0.25) is 5.41 Å².